The molecule has 0 fully saturated rings. The maximum absolute atomic E-state index is 12.0. The Labute approximate surface area is 111 Å². The number of aliphatic hydroxyl groups is 1. The number of hydrogen-bond donors (Lipinski definition) is 2. The smallest absolute Gasteiger partial charge is 0.270 e. The summed E-state index contributed by atoms with van der Waals surface area (Å²) in [4.78, 5) is 15.9. The lowest BCUT2D eigenvalue weighted by molar-refractivity contribution is 0.0721. The molecule has 0 aromatic carbocycles. The van der Waals surface area contributed by atoms with E-state index in [0.717, 1.165) is 0 Å². The van der Waals surface area contributed by atoms with Gasteiger partial charge in [0.2, 0.25) is 0 Å². The molecule has 0 spiro atoms. The van der Waals surface area contributed by atoms with Crippen molar-refractivity contribution in [2.75, 3.05) is 20.3 Å². The summed E-state index contributed by atoms with van der Waals surface area (Å²) in [5, 5.41) is 12.3. The van der Waals surface area contributed by atoms with Gasteiger partial charge in [-0.1, -0.05) is 11.6 Å². The fourth-order valence-corrected chi connectivity index (χ4v) is 1.70. The fourth-order valence-electron chi connectivity index (χ4n) is 1.58. The van der Waals surface area contributed by atoms with Crippen molar-refractivity contribution in [1.29, 1.82) is 0 Å². The summed E-state index contributed by atoms with van der Waals surface area (Å²) < 4.78 is 5.05. The second-order valence-electron chi connectivity index (χ2n) is 4.28. The lowest BCUT2D eigenvalue weighted by Crippen LogP contribution is -2.50. The Morgan fingerprint density at radius 2 is 2.33 bits per heavy atom. The van der Waals surface area contributed by atoms with Gasteiger partial charge in [0, 0.05) is 19.9 Å². The van der Waals surface area contributed by atoms with Crippen molar-refractivity contribution in [3.8, 4) is 0 Å². The van der Waals surface area contributed by atoms with Crippen molar-refractivity contribution in [3.63, 3.8) is 0 Å². The van der Waals surface area contributed by atoms with Gasteiger partial charge < -0.3 is 15.2 Å². The van der Waals surface area contributed by atoms with Crippen LogP contribution in [0.5, 0.6) is 0 Å². The van der Waals surface area contributed by atoms with Crippen LogP contribution in [0.2, 0.25) is 5.02 Å². The van der Waals surface area contributed by atoms with Gasteiger partial charge in [-0.15, -0.1) is 0 Å². The first-order valence-corrected chi connectivity index (χ1v) is 5.92. The van der Waals surface area contributed by atoms with Crippen LogP contribution in [0.1, 0.15) is 23.8 Å². The Balaban J connectivity index is 2.74. The number of methoxy groups -OCH3 is 1. The van der Waals surface area contributed by atoms with Crippen LogP contribution >= 0.6 is 11.6 Å². The third-order valence-corrected chi connectivity index (χ3v) is 2.73. The lowest BCUT2D eigenvalue weighted by Gasteiger charge is -2.29. The van der Waals surface area contributed by atoms with E-state index >= 15 is 0 Å². The quantitative estimate of drug-likeness (QED) is 0.818. The number of carbonyl (C=O) groups is 1. The number of pyridine rings is 1. The first-order valence-electron chi connectivity index (χ1n) is 5.54. The van der Waals surface area contributed by atoms with Crippen LogP contribution in [-0.4, -0.2) is 41.9 Å². The highest BCUT2D eigenvalue weighted by Gasteiger charge is 2.26. The number of amides is 1. The van der Waals surface area contributed by atoms with Crippen LogP contribution in [-0.2, 0) is 4.74 Å². The molecule has 18 heavy (non-hydrogen) atoms. The summed E-state index contributed by atoms with van der Waals surface area (Å²) in [5.41, 5.74) is -0.346. The van der Waals surface area contributed by atoms with Crippen molar-refractivity contribution in [2.24, 2.45) is 0 Å². The van der Waals surface area contributed by atoms with Gasteiger partial charge in [-0.2, -0.15) is 0 Å². The number of hydrogen-bond acceptors (Lipinski definition) is 4. The van der Waals surface area contributed by atoms with Crippen molar-refractivity contribution in [3.05, 3.63) is 29.0 Å². The zero-order valence-corrected chi connectivity index (χ0v) is 11.2. The van der Waals surface area contributed by atoms with E-state index in [9.17, 15) is 4.79 Å². The highest BCUT2D eigenvalue weighted by Crippen LogP contribution is 2.12. The van der Waals surface area contributed by atoms with Gasteiger partial charge in [-0.3, -0.25) is 4.79 Å². The normalized spacial score (nSPS) is 14.0. The summed E-state index contributed by atoms with van der Waals surface area (Å²) in [6, 6.07) is 3.15. The summed E-state index contributed by atoms with van der Waals surface area (Å²) in [7, 11) is 1.54. The maximum Gasteiger partial charge on any atom is 0.270 e. The molecule has 0 aliphatic rings. The van der Waals surface area contributed by atoms with Crippen molar-refractivity contribution in [1.82, 2.24) is 10.3 Å². The number of halogens is 1. The molecule has 0 unspecified atom stereocenters. The van der Waals surface area contributed by atoms with Gasteiger partial charge in [-0.05, 0) is 25.5 Å². The average molecular weight is 273 g/mol. The minimum absolute atomic E-state index is 0.0335. The van der Waals surface area contributed by atoms with E-state index in [2.05, 4.69) is 10.3 Å². The van der Waals surface area contributed by atoms with E-state index < -0.39 is 5.54 Å². The third-order valence-electron chi connectivity index (χ3n) is 2.50. The highest BCUT2D eigenvalue weighted by atomic mass is 35.5. The summed E-state index contributed by atoms with van der Waals surface area (Å²) in [6.07, 6.45) is 1.82. The maximum atomic E-state index is 12.0. The molecule has 0 aliphatic heterocycles. The number of aromatic nitrogens is 1. The lowest BCUT2D eigenvalue weighted by atomic mass is 9.99. The van der Waals surface area contributed by atoms with Gasteiger partial charge in [0.25, 0.3) is 5.91 Å². The molecule has 1 aromatic rings. The minimum Gasteiger partial charge on any atom is -0.396 e. The average Bonchev–Trinajstić information content (AvgIpc) is 2.30. The summed E-state index contributed by atoms with van der Waals surface area (Å²) in [6.45, 7) is 2.08. The number of aliphatic hydroxyl groups excluding tert-OH is 1. The van der Waals surface area contributed by atoms with Crippen LogP contribution in [0.15, 0.2) is 18.3 Å². The van der Waals surface area contributed by atoms with Crippen molar-refractivity contribution >= 4 is 17.5 Å². The van der Waals surface area contributed by atoms with E-state index in [1.165, 1.54) is 6.20 Å². The van der Waals surface area contributed by atoms with E-state index in [1.807, 2.05) is 0 Å². The number of ether oxygens (including phenoxy) is 1. The Hall–Kier alpha value is -1.17. The SMILES string of the molecule is COC[C@](C)(CCO)NC(=O)c1ccc(Cl)cn1. The van der Waals surface area contributed by atoms with Gasteiger partial charge in [0.05, 0.1) is 17.2 Å². The van der Waals surface area contributed by atoms with E-state index in [1.54, 1.807) is 26.2 Å². The molecule has 0 saturated carbocycles. The van der Waals surface area contributed by atoms with Crippen LogP contribution < -0.4 is 5.32 Å². The van der Waals surface area contributed by atoms with Crippen LogP contribution in [0, 0.1) is 0 Å². The highest BCUT2D eigenvalue weighted by molar-refractivity contribution is 6.30. The third kappa shape index (κ3) is 4.25. The molecular weight excluding hydrogens is 256 g/mol. The Morgan fingerprint density at radius 1 is 1.61 bits per heavy atom. The molecule has 5 nitrogen and oxygen atoms in total. The van der Waals surface area contributed by atoms with E-state index in [0.29, 0.717) is 18.1 Å². The molecule has 1 rings (SSSR count). The van der Waals surface area contributed by atoms with Crippen LogP contribution in [0.4, 0.5) is 0 Å². The Kier molecular flexibility index (Phi) is 5.53. The monoisotopic (exact) mass is 272 g/mol. The van der Waals surface area contributed by atoms with Gasteiger partial charge >= 0.3 is 0 Å². The second kappa shape index (κ2) is 6.68. The first-order chi connectivity index (χ1) is 8.50. The topological polar surface area (TPSA) is 71.5 Å². The van der Waals surface area contributed by atoms with E-state index in [-0.39, 0.29) is 18.2 Å². The summed E-state index contributed by atoms with van der Waals surface area (Å²) in [5.74, 6) is -0.320. The first kappa shape index (κ1) is 14.9. The second-order valence-corrected chi connectivity index (χ2v) is 4.72. The molecule has 6 heteroatoms. The fraction of sp³-hybridized carbons (Fsp3) is 0.500. The molecule has 1 atom stereocenters. The zero-order valence-electron chi connectivity index (χ0n) is 10.4. The molecule has 0 bridgehead atoms. The largest absolute Gasteiger partial charge is 0.396 e. The van der Waals surface area contributed by atoms with Crippen LogP contribution in [0.3, 0.4) is 0 Å². The van der Waals surface area contributed by atoms with Gasteiger partial charge in [0.15, 0.2) is 0 Å². The number of carbonyl (C=O) groups excluding carboxylic acids is 1. The zero-order chi connectivity index (χ0) is 13.6. The molecule has 0 aliphatic carbocycles. The Morgan fingerprint density at radius 3 is 2.83 bits per heavy atom. The Bertz CT molecular complexity index is 389. The molecule has 0 saturated heterocycles. The van der Waals surface area contributed by atoms with Gasteiger partial charge in [-0.25, -0.2) is 4.98 Å². The number of nitrogens with one attached hydrogen (secondary N) is 1. The summed E-state index contributed by atoms with van der Waals surface area (Å²) >= 11 is 5.70. The number of rotatable bonds is 6. The molecule has 1 amide bonds. The molecule has 2 N–H and O–H groups in total. The molecule has 100 valence electrons. The standard InChI is InChI=1S/C12H17ClN2O3/c1-12(5-6-16,8-18-2)15-11(17)10-4-3-9(13)7-14-10/h3-4,7,16H,5-6,8H2,1-2H3,(H,15,17)/t12-/m0/s1. The van der Waals surface area contributed by atoms with E-state index in [4.69, 9.17) is 21.4 Å². The molecule has 1 aromatic heterocycles. The van der Waals surface area contributed by atoms with Gasteiger partial charge in [0.1, 0.15) is 5.69 Å². The predicted molar refractivity (Wildman–Crippen MR) is 68.7 cm³/mol. The van der Waals surface area contributed by atoms with Crippen molar-refractivity contribution in [2.45, 2.75) is 18.9 Å². The van der Waals surface area contributed by atoms with Crippen LogP contribution in [0.25, 0.3) is 0 Å². The number of nitrogens with zero attached hydrogens (tertiary/aromatic N) is 1. The predicted octanol–water partition coefficient (Wildman–Crippen LogP) is 1.25. The molecular formula is C12H17ClN2O3. The van der Waals surface area contributed by atoms with Crippen molar-refractivity contribution < 1.29 is 14.6 Å². The molecule has 0 radical (unpaired) electrons. The minimum atomic E-state index is -0.623. The molecule has 1 heterocycles.